The molecule has 5 nitrogen and oxygen atoms in total. The molecule has 1 aromatic heterocycles. The van der Waals surface area contributed by atoms with Gasteiger partial charge in [-0.15, -0.1) is 0 Å². The van der Waals surface area contributed by atoms with Crippen LogP contribution in [0.3, 0.4) is 0 Å². The summed E-state index contributed by atoms with van der Waals surface area (Å²) in [6, 6.07) is 8.08. The molecule has 1 aromatic carbocycles. The van der Waals surface area contributed by atoms with Crippen LogP contribution in [-0.4, -0.2) is 15.5 Å². The lowest BCUT2D eigenvalue weighted by atomic mass is 10.2. The van der Waals surface area contributed by atoms with Gasteiger partial charge in [-0.25, -0.2) is 0 Å². The van der Waals surface area contributed by atoms with E-state index in [0.29, 0.717) is 28.6 Å². The molecular weight excluding hydrogens is 300 g/mol. The Morgan fingerprint density at radius 3 is 2.70 bits per heavy atom. The third-order valence-electron chi connectivity index (χ3n) is 2.76. The molecule has 2 aromatic rings. The second-order valence-corrected chi connectivity index (χ2v) is 6.29. The number of hydrogen-bond donors (Lipinski definition) is 2. The Bertz CT molecular complexity index is 710. The predicted octanol–water partition coefficient (Wildman–Crippen LogP) is 2.76. The van der Waals surface area contributed by atoms with Crippen molar-refractivity contribution in [3.05, 3.63) is 46.7 Å². The minimum Gasteiger partial charge on any atom is -0.446 e. The lowest BCUT2D eigenvalue weighted by Crippen LogP contribution is -2.13. The van der Waals surface area contributed by atoms with Crippen LogP contribution in [0.25, 0.3) is 0 Å². The average Bonchev–Trinajstić information content (AvgIpc) is 2.85. The maximum Gasteiger partial charge on any atom is 0.295 e. The summed E-state index contributed by atoms with van der Waals surface area (Å²) in [5.41, 5.74) is 1.10. The van der Waals surface area contributed by atoms with Crippen molar-refractivity contribution < 1.29 is 12.8 Å². The van der Waals surface area contributed by atoms with Crippen molar-refractivity contribution in [2.45, 2.75) is 18.6 Å². The van der Waals surface area contributed by atoms with E-state index in [0.717, 1.165) is 0 Å². The van der Waals surface area contributed by atoms with Gasteiger partial charge < -0.3 is 9.73 Å². The molecule has 2 rings (SSSR count). The highest BCUT2D eigenvalue weighted by atomic mass is 35.5. The first kappa shape index (κ1) is 14.9. The van der Waals surface area contributed by atoms with Crippen LogP contribution in [0.2, 0.25) is 5.02 Å². The van der Waals surface area contributed by atoms with E-state index in [-0.39, 0.29) is 5.09 Å². The third-order valence-corrected chi connectivity index (χ3v) is 4.41. The summed E-state index contributed by atoms with van der Waals surface area (Å²) in [5.74, 6) is 0.552. The van der Waals surface area contributed by atoms with Crippen LogP contribution >= 0.6 is 11.6 Å². The first-order valence-electron chi connectivity index (χ1n) is 5.95. The zero-order chi connectivity index (χ0) is 14.8. The average molecular weight is 315 g/mol. The van der Waals surface area contributed by atoms with E-state index in [1.165, 1.54) is 6.07 Å². The molecule has 0 aliphatic rings. The quantitative estimate of drug-likeness (QED) is 0.890. The third kappa shape index (κ3) is 3.15. The van der Waals surface area contributed by atoms with E-state index in [9.17, 15) is 8.42 Å². The lowest BCUT2D eigenvalue weighted by Gasteiger charge is -2.09. The SMILES string of the molecule is CNCc1ccc(S(=O)(=O)Nc2cccc(Cl)c2C)o1. The number of furan rings is 1. The molecule has 108 valence electrons. The summed E-state index contributed by atoms with van der Waals surface area (Å²) < 4.78 is 32.2. The number of rotatable bonds is 5. The zero-order valence-corrected chi connectivity index (χ0v) is 12.7. The molecule has 7 heteroatoms. The van der Waals surface area contributed by atoms with Crippen LogP contribution < -0.4 is 10.0 Å². The van der Waals surface area contributed by atoms with E-state index in [1.807, 2.05) is 0 Å². The number of sulfonamides is 1. The standard InChI is InChI=1S/C13H15ClN2O3S/c1-9-11(14)4-3-5-12(9)16-20(17,18)13-7-6-10(19-13)8-15-2/h3-7,15-16H,8H2,1-2H3. The topological polar surface area (TPSA) is 71.3 Å². The Morgan fingerprint density at radius 2 is 2.00 bits per heavy atom. The first-order valence-corrected chi connectivity index (χ1v) is 7.81. The van der Waals surface area contributed by atoms with Gasteiger partial charge in [0, 0.05) is 5.02 Å². The highest BCUT2D eigenvalue weighted by molar-refractivity contribution is 7.92. The van der Waals surface area contributed by atoms with Gasteiger partial charge in [0.2, 0.25) is 5.09 Å². The molecule has 0 spiro atoms. The predicted molar refractivity (Wildman–Crippen MR) is 78.5 cm³/mol. The molecule has 1 heterocycles. The molecule has 0 bridgehead atoms. The molecule has 0 aliphatic carbocycles. The van der Waals surface area contributed by atoms with Gasteiger partial charge in [-0.3, -0.25) is 4.72 Å². The number of anilines is 1. The first-order chi connectivity index (χ1) is 9.44. The van der Waals surface area contributed by atoms with Gasteiger partial charge in [-0.05, 0) is 43.8 Å². The summed E-state index contributed by atoms with van der Waals surface area (Å²) in [4.78, 5) is 0. The molecule has 0 unspecified atom stereocenters. The Labute approximate surface area is 123 Å². The van der Waals surface area contributed by atoms with Crippen LogP contribution in [0, 0.1) is 6.92 Å². The van der Waals surface area contributed by atoms with Crippen LogP contribution in [0.1, 0.15) is 11.3 Å². The minimum atomic E-state index is -3.75. The van der Waals surface area contributed by atoms with E-state index >= 15 is 0 Å². The van der Waals surface area contributed by atoms with Gasteiger partial charge in [0.15, 0.2) is 0 Å². The van der Waals surface area contributed by atoms with Gasteiger partial charge in [0.05, 0.1) is 12.2 Å². The van der Waals surface area contributed by atoms with E-state index in [4.69, 9.17) is 16.0 Å². The number of nitrogens with one attached hydrogen (secondary N) is 2. The van der Waals surface area contributed by atoms with Crippen LogP contribution in [0.4, 0.5) is 5.69 Å². The van der Waals surface area contributed by atoms with Crippen LogP contribution in [0.15, 0.2) is 39.8 Å². The molecule has 0 saturated carbocycles. The second kappa shape index (κ2) is 5.87. The molecule has 0 atom stereocenters. The number of halogens is 1. The Morgan fingerprint density at radius 1 is 1.25 bits per heavy atom. The lowest BCUT2D eigenvalue weighted by molar-refractivity contribution is 0.408. The van der Waals surface area contributed by atoms with Crippen molar-refractivity contribution in [2.75, 3.05) is 11.8 Å². The summed E-state index contributed by atoms with van der Waals surface area (Å²) in [7, 11) is -2.00. The molecule has 2 N–H and O–H groups in total. The minimum absolute atomic E-state index is 0.123. The smallest absolute Gasteiger partial charge is 0.295 e. The van der Waals surface area contributed by atoms with Crippen molar-refractivity contribution >= 4 is 27.3 Å². The summed E-state index contributed by atoms with van der Waals surface area (Å²) in [6.45, 7) is 2.21. The van der Waals surface area contributed by atoms with E-state index in [1.54, 1.807) is 38.2 Å². The summed E-state index contributed by atoms with van der Waals surface area (Å²) in [6.07, 6.45) is 0. The zero-order valence-electron chi connectivity index (χ0n) is 11.1. The normalized spacial score (nSPS) is 11.6. The van der Waals surface area contributed by atoms with Crippen molar-refractivity contribution in [3.8, 4) is 0 Å². The van der Waals surface area contributed by atoms with Gasteiger partial charge >= 0.3 is 0 Å². The Balaban J connectivity index is 2.28. The van der Waals surface area contributed by atoms with Crippen molar-refractivity contribution in [1.82, 2.24) is 5.32 Å². The fraction of sp³-hybridized carbons (Fsp3) is 0.231. The molecule has 0 fully saturated rings. The Kier molecular flexibility index (Phi) is 4.37. The van der Waals surface area contributed by atoms with E-state index in [2.05, 4.69) is 10.0 Å². The van der Waals surface area contributed by atoms with Crippen LogP contribution in [-0.2, 0) is 16.6 Å². The molecule has 0 amide bonds. The van der Waals surface area contributed by atoms with Gasteiger partial charge in [-0.1, -0.05) is 17.7 Å². The summed E-state index contributed by atoms with van der Waals surface area (Å²) in [5, 5.41) is 3.27. The van der Waals surface area contributed by atoms with E-state index < -0.39 is 10.0 Å². The van der Waals surface area contributed by atoms with Crippen molar-refractivity contribution in [3.63, 3.8) is 0 Å². The number of hydrogen-bond acceptors (Lipinski definition) is 4. The second-order valence-electron chi connectivity index (χ2n) is 4.27. The monoisotopic (exact) mass is 314 g/mol. The number of benzene rings is 1. The maximum atomic E-state index is 12.2. The highest BCUT2D eigenvalue weighted by Gasteiger charge is 2.20. The fourth-order valence-electron chi connectivity index (χ4n) is 1.68. The van der Waals surface area contributed by atoms with Crippen molar-refractivity contribution in [2.24, 2.45) is 0 Å². The van der Waals surface area contributed by atoms with Gasteiger partial charge in [0.1, 0.15) is 5.76 Å². The van der Waals surface area contributed by atoms with Crippen LogP contribution in [0.5, 0.6) is 0 Å². The maximum absolute atomic E-state index is 12.2. The highest BCUT2D eigenvalue weighted by Crippen LogP contribution is 2.26. The van der Waals surface area contributed by atoms with Gasteiger partial charge in [-0.2, -0.15) is 8.42 Å². The fourth-order valence-corrected chi connectivity index (χ4v) is 2.93. The molecule has 0 saturated heterocycles. The molecule has 0 aliphatic heterocycles. The largest absolute Gasteiger partial charge is 0.446 e. The van der Waals surface area contributed by atoms with Gasteiger partial charge in [0.25, 0.3) is 10.0 Å². The Hall–Kier alpha value is -1.50. The molecule has 0 radical (unpaired) electrons. The molecule has 20 heavy (non-hydrogen) atoms. The molecular formula is C13H15ClN2O3S. The van der Waals surface area contributed by atoms with Crippen molar-refractivity contribution in [1.29, 1.82) is 0 Å². The summed E-state index contributed by atoms with van der Waals surface area (Å²) >= 11 is 5.97.